The molecule has 0 spiro atoms. The SMILES string of the molecule is CC(C)(C)N1CC(Nc2ncccc2[N+](=O)[O-])CC1=O. The highest BCUT2D eigenvalue weighted by Gasteiger charge is 2.36. The fourth-order valence-electron chi connectivity index (χ4n) is 2.30. The fourth-order valence-corrected chi connectivity index (χ4v) is 2.30. The Hall–Kier alpha value is -2.18. The Balaban J connectivity index is 2.13. The maximum atomic E-state index is 12.0. The van der Waals surface area contributed by atoms with Crippen molar-refractivity contribution in [3.8, 4) is 0 Å². The van der Waals surface area contributed by atoms with Crippen LogP contribution in [0.3, 0.4) is 0 Å². The van der Waals surface area contributed by atoms with Crippen LogP contribution in [0.15, 0.2) is 18.3 Å². The summed E-state index contributed by atoms with van der Waals surface area (Å²) < 4.78 is 0. The number of pyridine rings is 1. The van der Waals surface area contributed by atoms with Gasteiger partial charge in [-0.3, -0.25) is 14.9 Å². The van der Waals surface area contributed by atoms with Gasteiger partial charge in [-0.05, 0) is 26.8 Å². The first-order valence-electron chi connectivity index (χ1n) is 6.45. The number of nitro groups is 1. The molecular formula is C13H18N4O3. The van der Waals surface area contributed by atoms with Crippen LogP contribution in [0.4, 0.5) is 11.5 Å². The lowest BCUT2D eigenvalue weighted by molar-refractivity contribution is -0.384. The molecule has 7 nitrogen and oxygen atoms in total. The molecule has 1 aliphatic rings. The monoisotopic (exact) mass is 278 g/mol. The molecule has 1 atom stereocenters. The number of likely N-dealkylation sites (tertiary alicyclic amines) is 1. The normalized spacial score (nSPS) is 19.2. The molecule has 1 saturated heterocycles. The minimum Gasteiger partial charge on any atom is -0.359 e. The summed E-state index contributed by atoms with van der Waals surface area (Å²) in [5, 5.41) is 13.9. The average Bonchev–Trinajstić information content (AvgIpc) is 2.70. The highest BCUT2D eigenvalue weighted by Crippen LogP contribution is 2.26. The zero-order chi connectivity index (χ0) is 14.9. The van der Waals surface area contributed by atoms with Crippen molar-refractivity contribution < 1.29 is 9.72 Å². The largest absolute Gasteiger partial charge is 0.359 e. The number of rotatable bonds is 3. The Labute approximate surface area is 117 Å². The third-order valence-corrected chi connectivity index (χ3v) is 3.26. The second kappa shape index (κ2) is 5.07. The van der Waals surface area contributed by atoms with E-state index in [0.717, 1.165) is 0 Å². The molecule has 1 aromatic rings. The lowest BCUT2D eigenvalue weighted by atomic mass is 10.1. The Morgan fingerprint density at radius 2 is 2.20 bits per heavy atom. The minimum absolute atomic E-state index is 0.0496. The molecule has 0 aromatic carbocycles. The molecule has 20 heavy (non-hydrogen) atoms. The van der Waals surface area contributed by atoms with Gasteiger partial charge in [-0.1, -0.05) is 0 Å². The van der Waals surface area contributed by atoms with E-state index in [2.05, 4.69) is 10.3 Å². The van der Waals surface area contributed by atoms with Crippen molar-refractivity contribution in [1.82, 2.24) is 9.88 Å². The summed E-state index contributed by atoms with van der Waals surface area (Å²) >= 11 is 0. The van der Waals surface area contributed by atoms with Crippen LogP contribution in [-0.4, -0.2) is 38.8 Å². The maximum absolute atomic E-state index is 12.0. The van der Waals surface area contributed by atoms with E-state index in [1.807, 2.05) is 20.8 Å². The molecule has 0 aliphatic carbocycles. The highest BCUT2D eigenvalue weighted by molar-refractivity contribution is 5.81. The topological polar surface area (TPSA) is 88.4 Å². The molecule has 1 fully saturated rings. The van der Waals surface area contributed by atoms with E-state index < -0.39 is 4.92 Å². The Morgan fingerprint density at radius 1 is 1.50 bits per heavy atom. The number of hydrogen-bond acceptors (Lipinski definition) is 5. The summed E-state index contributed by atoms with van der Waals surface area (Å²) in [5.74, 6) is 0.264. The van der Waals surface area contributed by atoms with Gasteiger partial charge in [0.2, 0.25) is 11.7 Å². The summed E-state index contributed by atoms with van der Waals surface area (Å²) in [7, 11) is 0. The van der Waals surface area contributed by atoms with Crippen LogP contribution in [0.5, 0.6) is 0 Å². The predicted molar refractivity (Wildman–Crippen MR) is 74.4 cm³/mol. The number of hydrogen-bond donors (Lipinski definition) is 1. The van der Waals surface area contributed by atoms with E-state index in [1.54, 1.807) is 4.90 Å². The molecule has 1 aliphatic heterocycles. The fraction of sp³-hybridized carbons (Fsp3) is 0.538. The van der Waals surface area contributed by atoms with Gasteiger partial charge >= 0.3 is 5.69 Å². The van der Waals surface area contributed by atoms with Crippen molar-refractivity contribution in [2.24, 2.45) is 0 Å². The van der Waals surface area contributed by atoms with Crippen molar-refractivity contribution in [3.05, 3.63) is 28.4 Å². The van der Waals surface area contributed by atoms with E-state index in [1.165, 1.54) is 18.3 Å². The van der Waals surface area contributed by atoms with E-state index >= 15 is 0 Å². The maximum Gasteiger partial charge on any atom is 0.311 e. The molecule has 1 N–H and O–H groups in total. The van der Waals surface area contributed by atoms with Crippen LogP contribution in [0.2, 0.25) is 0 Å². The number of nitrogens with zero attached hydrogens (tertiary/aromatic N) is 3. The van der Waals surface area contributed by atoms with Crippen molar-refractivity contribution in [3.63, 3.8) is 0 Å². The van der Waals surface area contributed by atoms with E-state index in [0.29, 0.717) is 13.0 Å². The number of amides is 1. The van der Waals surface area contributed by atoms with Gasteiger partial charge in [0, 0.05) is 30.8 Å². The van der Waals surface area contributed by atoms with Gasteiger partial charge < -0.3 is 10.2 Å². The Bertz CT molecular complexity index is 539. The van der Waals surface area contributed by atoms with Crippen LogP contribution in [0.25, 0.3) is 0 Å². The van der Waals surface area contributed by atoms with Crippen LogP contribution < -0.4 is 5.32 Å². The number of aromatic nitrogens is 1. The van der Waals surface area contributed by atoms with Gasteiger partial charge in [-0.15, -0.1) is 0 Å². The lowest BCUT2D eigenvalue weighted by Crippen LogP contribution is -2.43. The number of nitrogens with one attached hydrogen (secondary N) is 1. The highest BCUT2D eigenvalue weighted by atomic mass is 16.6. The van der Waals surface area contributed by atoms with Gasteiger partial charge in [0.25, 0.3) is 0 Å². The molecule has 7 heteroatoms. The van der Waals surface area contributed by atoms with Crippen LogP contribution >= 0.6 is 0 Å². The molecule has 0 bridgehead atoms. The predicted octanol–water partition coefficient (Wildman–Crippen LogP) is 1.80. The zero-order valence-corrected chi connectivity index (χ0v) is 11.8. The van der Waals surface area contributed by atoms with Gasteiger partial charge in [0.1, 0.15) is 0 Å². The molecule has 2 rings (SSSR count). The minimum atomic E-state index is -0.479. The number of carbonyl (C=O) groups excluding carboxylic acids is 1. The molecule has 0 saturated carbocycles. The van der Waals surface area contributed by atoms with Crippen LogP contribution in [0.1, 0.15) is 27.2 Å². The molecule has 1 unspecified atom stereocenters. The smallest absolute Gasteiger partial charge is 0.311 e. The van der Waals surface area contributed by atoms with Crippen molar-refractivity contribution >= 4 is 17.4 Å². The van der Waals surface area contributed by atoms with Crippen molar-refractivity contribution in [2.45, 2.75) is 38.8 Å². The number of anilines is 1. The number of carbonyl (C=O) groups is 1. The molecule has 1 amide bonds. The summed E-state index contributed by atoms with van der Waals surface area (Å²) in [5.41, 5.74) is -0.321. The standard InChI is InChI=1S/C13H18N4O3/c1-13(2,3)16-8-9(7-11(16)18)15-12-10(17(19)20)5-4-6-14-12/h4-6,9H,7-8H2,1-3H3,(H,14,15). The van der Waals surface area contributed by atoms with Gasteiger partial charge in [-0.25, -0.2) is 4.98 Å². The molecule has 1 aromatic heterocycles. The quantitative estimate of drug-likeness (QED) is 0.672. The van der Waals surface area contributed by atoms with Gasteiger partial charge in [0.05, 0.1) is 11.0 Å². The first-order chi connectivity index (χ1) is 9.29. The third-order valence-electron chi connectivity index (χ3n) is 3.26. The lowest BCUT2D eigenvalue weighted by Gasteiger charge is -2.32. The second-order valence-corrected chi connectivity index (χ2v) is 5.85. The van der Waals surface area contributed by atoms with Gasteiger partial charge in [0.15, 0.2) is 0 Å². The van der Waals surface area contributed by atoms with Crippen LogP contribution in [0, 0.1) is 10.1 Å². The zero-order valence-electron chi connectivity index (χ0n) is 11.8. The molecular weight excluding hydrogens is 260 g/mol. The van der Waals surface area contributed by atoms with Crippen molar-refractivity contribution in [2.75, 3.05) is 11.9 Å². The van der Waals surface area contributed by atoms with Crippen LogP contribution in [-0.2, 0) is 4.79 Å². The Morgan fingerprint density at radius 3 is 2.75 bits per heavy atom. The van der Waals surface area contributed by atoms with E-state index in [-0.39, 0.29) is 29.0 Å². The first kappa shape index (κ1) is 14.2. The van der Waals surface area contributed by atoms with Crippen molar-refractivity contribution in [1.29, 1.82) is 0 Å². The van der Waals surface area contributed by atoms with E-state index in [4.69, 9.17) is 0 Å². The Kier molecular flexibility index (Phi) is 3.61. The van der Waals surface area contributed by atoms with E-state index in [9.17, 15) is 14.9 Å². The first-order valence-corrected chi connectivity index (χ1v) is 6.45. The molecule has 108 valence electrons. The molecule has 0 radical (unpaired) electrons. The third kappa shape index (κ3) is 2.87. The summed E-state index contributed by atoms with van der Waals surface area (Å²) in [6.45, 7) is 6.43. The average molecular weight is 278 g/mol. The summed E-state index contributed by atoms with van der Waals surface area (Å²) in [4.78, 5) is 28.2. The van der Waals surface area contributed by atoms with Gasteiger partial charge in [-0.2, -0.15) is 0 Å². The summed E-state index contributed by atoms with van der Waals surface area (Å²) in [6, 6.07) is 2.76. The summed E-state index contributed by atoms with van der Waals surface area (Å²) in [6.07, 6.45) is 1.82. The molecule has 2 heterocycles. The second-order valence-electron chi connectivity index (χ2n) is 5.85.